The molecule has 0 aliphatic rings. The number of aryl methyl sites for hydroxylation is 1. The van der Waals surface area contributed by atoms with Crippen LogP contribution < -0.4 is 18.9 Å². The summed E-state index contributed by atoms with van der Waals surface area (Å²) in [7, 11) is -12.0. The van der Waals surface area contributed by atoms with E-state index in [2.05, 4.69) is 0 Å². The molecule has 7 N–H and O–H groups in total. The number of hydrogen-bond donors (Lipinski definition) is 7. The van der Waals surface area contributed by atoms with E-state index in [-0.39, 0.29) is 25.2 Å². The first-order valence-electron chi connectivity index (χ1n) is 5.25. The molecule has 1 aromatic carbocycles. The van der Waals surface area contributed by atoms with Gasteiger partial charge in [0.2, 0.25) is 0 Å². The van der Waals surface area contributed by atoms with Crippen LogP contribution in [0.25, 0.3) is 0 Å². The summed E-state index contributed by atoms with van der Waals surface area (Å²) in [5.41, 5.74) is 0.551. The van der Waals surface area contributed by atoms with Crippen molar-refractivity contribution in [3.8, 4) is 0 Å². The molecule has 1 rings (SSSR count). The van der Waals surface area contributed by atoms with Gasteiger partial charge in [-0.1, -0.05) is 18.2 Å². The van der Waals surface area contributed by atoms with Crippen molar-refractivity contribution >= 4 is 32.3 Å². The fourth-order valence-electron chi connectivity index (χ4n) is 0.846. The molecule has 0 fully saturated rings. The summed E-state index contributed by atoms with van der Waals surface area (Å²) in [6, 6.07) is 6.27. The smallest absolute Gasteiger partial charge is 1.00 e. The molecule has 0 atom stereocenters. The zero-order valence-electron chi connectivity index (χ0n) is 13.5. The Morgan fingerprint density at radius 2 is 1.12 bits per heavy atom. The van der Waals surface area contributed by atoms with Crippen LogP contribution in [0, 0.1) is 6.92 Å². The second-order valence-electron chi connectivity index (χ2n) is 3.17. The predicted octanol–water partition coefficient (Wildman–Crippen LogP) is -4.87. The molecule has 0 bridgehead atoms. The van der Waals surface area contributed by atoms with Crippen molar-refractivity contribution in [3.63, 3.8) is 0 Å². The molecule has 9 nitrogen and oxygen atoms in total. The maximum atomic E-state index is 10.6. The Labute approximate surface area is 150 Å². The van der Waals surface area contributed by atoms with Gasteiger partial charge in [0.15, 0.2) is 0 Å². The van der Waals surface area contributed by atoms with Gasteiger partial charge in [-0.2, -0.15) is 8.42 Å². The number of rotatable bonds is 1. The zero-order valence-corrected chi connectivity index (χ0v) is 13.3. The van der Waals surface area contributed by atoms with Crippen LogP contribution in [0.4, 0.5) is 12.9 Å². The molecule has 0 amide bonds. The van der Waals surface area contributed by atoms with Crippen LogP contribution in [0.3, 0.4) is 0 Å². The SMILES string of the molecule is Cc1ccccc1S(=O)(=O)O.OB(O)F.OB(O)F.OB(O)F.[H-].[Li+]. The van der Waals surface area contributed by atoms with Crippen molar-refractivity contribution in [1.82, 2.24) is 0 Å². The monoisotopic (exact) mass is 372 g/mol. The van der Waals surface area contributed by atoms with Crippen LogP contribution in [0.2, 0.25) is 0 Å². The van der Waals surface area contributed by atoms with E-state index in [9.17, 15) is 21.4 Å². The van der Waals surface area contributed by atoms with Crippen LogP contribution in [-0.4, -0.2) is 65.3 Å². The predicted molar refractivity (Wildman–Crippen MR) is 76.0 cm³/mol. The molecule has 134 valence electrons. The summed E-state index contributed by atoms with van der Waals surface area (Å²) in [4.78, 5) is -0.0278. The Balaban J connectivity index is -0.0000000810. The molecule has 0 unspecified atom stereocenters. The van der Waals surface area contributed by atoms with E-state index >= 15 is 0 Å². The van der Waals surface area contributed by atoms with Crippen molar-refractivity contribution in [2.75, 3.05) is 0 Å². The molecule has 1 aromatic rings. The maximum Gasteiger partial charge on any atom is 1.00 e. The van der Waals surface area contributed by atoms with Gasteiger partial charge in [-0.25, -0.2) is 0 Å². The van der Waals surface area contributed by atoms with Gasteiger partial charge in [0.25, 0.3) is 10.1 Å². The van der Waals surface area contributed by atoms with Crippen molar-refractivity contribution < 1.29 is 76.3 Å². The second kappa shape index (κ2) is 17.3. The quantitative estimate of drug-likeness (QED) is 0.188. The van der Waals surface area contributed by atoms with E-state index in [0.29, 0.717) is 5.56 Å². The summed E-state index contributed by atoms with van der Waals surface area (Å²) in [6.07, 6.45) is 0. The van der Waals surface area contributed by atoms with Crippen LogP contribution in [0.1, 0.15) is 6.99 Å². The third-order valence-electron chi connectivity index (χ3n) is 1.37. The Morgan fingerprint density at radius 3 is 1.29 bits per heavy atom. The first-order valence-corrected chi connectivity index (χ1v) is 6.69. The normalized spacial score (nSPS) is 8.62. The van der Waals surface area contributed by atoms with Gasteiger partial charge in [0, 0.05) is 0 Å². The molecule has 0 saturated heterocycles. The fraction of sp³-hybridized carbons (Fsp3) is 0.143. The van der Waals surface area contributed by atoms with Gasteiger partial charge in [0.05, 0.1) is 4.90 Å². The minimum absolute atomic E-state index is 0. The van der Waals surface area contributed by atoms with Gasteiger partial charge in [-0.15, -0.1) is 0 Å². The van der Waals surface area contributed by atoms with E-state index in [1.165, 1.54) is 6.07 Å². The van der Waals surface area contributed by atoms with Gasteiger partial charge >= 0.3 is 41.0 Å². The zero-order chi connectivity index (χ0) is 19.2. The summed E-state index contributed by atoms with van der Waals surface area (Å²) >= 11 is 0. The molecule has 17 heteroatoms. The fourth-order valence-corrected chi connectivity index (χ4v) is 1.57. The van der Waals surface area contributed by atoms with E-state index in [1.54, 1.807) is 25.1 Å². The standard InChI is InChI=1S/C7H8O3S.3BFH2O2.Li.H/c1-6-4-2-3-5-7(6)11(8,9)10;3*2-1(3)4;;/h2-5H,1H3,(H,8,9,10);3*3-4H;;/q;;;;+1;-1. The Bertz CT molecular complexity index is 492. The van der Waals surface area contributed by atoms with E-state index < -0.39 is 32.3 Å². The van der Waals surface area contributed by atoms with Crippen LogP contribution >= 0.6 is 0 Å². The molecule has 24 heavy (non-hydrogen) atoms. The minimum atomic E-state index is -4.03. The number of benzene rings is 1. The maximum absolute atomic E-state index is 10.6. The van der Waals surface area contributed by atoms with Gasteiger partial charge in [-0.3, -0.25) is 17.5 Å². The third-order valence-corrected chi connectivity index (χ3v) is 2.39. The molecular formula is C7H15B3F3LiO9S. The molecule has 0 heterocycles. The summed E-state index contributed by atoms with van der Waals surface area (Å²) in [6.45, 7) is 1.63. The van der Waals surface area contributed by atoms with Crippen LogP contribution in [-0.2, 0) is 10.1 Å². The Morgan fingerprint density at radius 1 is 0.875 bits per heavy atom. The molecule has 0 saturated carbocycles. The first kappa shape index (κ1) is 31.3. The van der Waals surface area contributed by atoms with Crippen molar-refractivity contribution in [2.45, 2.75) is 11.8 Å². The third kappa shape index (κ3) is 33.2. The molecule has 0 spiro atoms. The van der Waals surface area contributed by atoms with Crippen LogP contribution in [0.15, 0.2) is 29.2 Å². The van der Waals surface area contributed by atoms with Crippen molar-refractivity contribution in [3.05, 3.63) is 29.8 Å². The molecular weight excluding hydrogens is 357 g/mol. The number of hydrogen-bond acceptors (Lipinski definition) is 8. The molecule has 0 aliphatic heterocycles. The second-order valence-corrected chi connectivity index (χ2v) is 4.56. The largest absolute Gasteiger partial charge is 1.00 e. The van der Waals surface area contributed by atoms with E-state index in [1.807, 2.05) is 0 Å². The topological polar surface area (TPSA) is 176 Å². The van der Waals surface area contributed by atoms with Crippen molar-refractivity contribution in [1.29, 1.82) is 0 Å². The molecule has 0 aliphatic carbocycles. The van der Waals surface area contributed by atoms with Crippen molar-refractivity contribution in [2.24, 2.45) is 0 Å². The first-order chi connectivity index (χ1) is 10.2. The molecule has 0 radical (unpaired) electrons. The van der Waals surface area contributed by atoms with E-state index in [0.717, 1.165) is 0 Å². The summed E-state index contributed by atoms with van der Waals surface area (Å²) in [5.74, 6) is 0. The number of halogens is 3. The van der Waals surface area contributed by atoms with E-state index in [4.69, 9.17) is 34.7 Å². The average Bonchev–Trinajstić information content (AvgIpc) is 2.25. The summed E-state index contributed by atoms with van der Waals surface area (Å²) in [5, 5.41) is 41.7. The molecule has 0 aromatic heterocycles. The Kier molecular flexibility index (Phi) is 22.5. The minimum Gasteiger partial charge on any atom is -1.00 e. The Hall–Kier alpha value is -0.528. The average molecular weight is 372 g/mol. The van der Waals surface area contributed by atoms with Gasteiger partial charge in [-0.05, 0) is 18.6 Å². The van der Waals surface area contributed by atoms with Gasteiger partial charge < -0.3 is 31.6 Å². The van der Waals surface area contributed by atoms with Crippen LogP contribution in [0.5, 0.6) is 0 Å². The summed E-state index contributed by atoms with van der Waals surface area (Å²) < 4.78 is 60.2. The van der Waals surface area contributed by atoms with Gasteiger partial charge in [0.1, 0.15) is 0 Å².